The van der Waals surface area contributed by atoms with E-state index in [1.165, 1.54) is 19.6 Å². The lowest BCUT2D eigenvalue weighted by Gasteiger charge is -2.59. The van der Waals surface area contributed by atoms with Crippen molar-refractivity contribution in [3.63, 3.8) is 0 Å². The van der Waals surface area contributed by atoms with E-state index in [0.717, 1.165) is 32.1 Å². The fourth-order valence-electron chi connectivity index (χ4n) is 9.31. The molecule has 10 heteroatoms. The highest BCUT2D eigenvalue weighted by atomic mass is 16.6. The molecule has 0 spiro atoms. The van der Waals surface area contributed by atoms with Crippen molar-refractivity contribution >= 4 is 35.4 Å². The van der Waals surface area contributed by atoms with Crippen LogP contribution in [0.3, 0.4) is 0 Å². The number of Topliss-reactive ketones (excluding diaryl/α,β-unsaturated/α-hetero) is 1. The minimum Gasteiger partial charge on any atom is -0.467 e. The minimum absolute atomic E-state index is 0.0331. The van der Waals surface area contributed by atoms with Gasteiger partial charge < -0.3 is 19.5 Å². The summed E-state index contributed by atoms with van der Waals surface area (Å²) < 4.78 is 16.2. The predicted octanol–water partition coefficient (Wildman–Crippen LogP) is 4.74. The summed E-state index contributed by atoms with van der Waals surface area (Å²) in [6.45, 7) is 5.08. The summed E-state index contributed by atoms with van der Waals surface area (Å²) in [6, 6.07) is 7.58. The Morgan fingerprint density at radius 2 is 1.65 bits per heavy atom. The third-order valence-corrected chi connectivity index (χ3v) is 11.6. The van der Waals surface area contributed by atoms with Crippen LogP contribution in [0, 0.1) is 28.6 Å². The first kappa shape index (κ1) is 33.5. The van der Waals surface area contributed by atoms with Crippen LogP contribution in [0.5, 0.6) is 0 Å². The molecule has 1 N–H and O–H groups in total. The third kappa shape index (κ3) is 6.02. The summed E-state index contributed by atoms with van der Waals surface area (Å²) in [7, 11) is 1.22. The second kappa shape index (κ2) is 13.1. The molecule has 0 saturated heterocycles. The Labute approximate surface area is 270 Å². The number of hydrogen-bond acceptors (Lipinski definition) is 9. The van der Waals surface area contributed by atoms with Crippen LogP contribution in [0.15, 0.2) is 42.0 Å². The molecule has 0 heterocycles. The van der Waals surface area contributed by atoms with Crippen LogP contribution in [-0.4, -0.2) is 54.7 Å². The first-order valence-corrected chi connectivity index (χ1v) is 16.4. The summed E-state index contributed by atoms with van der Waals surface area (Å²) in [5, 5.41) is 2.59. The molecule has 0 unspecified atom stereocenters. The van der Waals surface area contributed by atoms with E-state index in [0.29, 0.717) is 36.7 Å². The van der Waals surface area contributed by atoms with Crippen LogP contribution in [0.25, 0.3) is 0 Å². The molecule has 3 saturated carbocycles. The van der Waals surface area contributed by atoms with Crippen LogP contribution in [-0.2, 0) is 43.0 Å². The van der Waals surface area contributed by atoms with Gasteiger partial charge in [0.2, 0.25) is 11.7 Å². The monoisotopic (exact) mass is 635 g/mol. The van der Waals surface area contributed by atoms with Crippen molar-refractivity contribution in [2.75, 3.05) is 13.7 Å². The summed E-state index contributed by atoms with van der Waals surface area (Å²) in [5.41, 5.74) is -0.262. The fraction of sp³-hybridized carbons (Fsp3) is 0.611. The van der Waals surface area contributed by atoms with E-state index < -0.39 is 53.3 Å². The van der Waals surface area contributed by atoms with Gasteiger partial charge >= 0.3 is 17.9 Å². The molecule has 46 heavy (non-hydrogen) atoms. The van der Waals surface area contributed by atoms with E-state index in [2.05, 4.69) is 19.2 Å². The van der Waals surface area contributed by atoms with Crippen LogP contribution < -0.4 is 5.32 Å². The topological polar surface area (TPSA) is 142 Å². The van der Waals surface area contributed by atoms with Crippen molar-refractivity contribution in [1.29, 1.82) is 0 Å². The largest absolute Gasteiger partial charge is 0.467 e. The van der Waals surface area contributed by atoms with Crippen molar-refractivity contribution in [2.45, 2.75) is 96.6 Å². The number of carbonyl (C=O) groups excluding carboxylic acids is 6. The Morgan fingerprint density at radius 1 is 0.935 bits per heavy atom. The predicted molar refractivity (Wildman–Crippen MR) is 166 cm³/mol. The molecule has 10 nitrogen and oxygen atoms in total. The molecule has 1 aromatic rings. The van der Waals surface area contributed by atoms with Gasteiger partial charge in [0.1, 0.15) is 0 Å². The Hall–Kier alpha value is -3.82. The molecular formula is C36H45NO9. The van der Waals surface area contributed by atoms with Gasteiger partial charge in [-0.1, -0.05) is 49.8 Å². The van der Waals surface area contributed by atoms with Crippen LogP contribution in [0.1, 0.15) is 96.6 Å². The molecule has 1 amide bonds. The maximum atomic E-state index is 14.0. The number of methoxy groups -OCH3 is 1. The Kier molecular flexibility index (Phi) is 9.57. The second-order valence-corrected chi connectivity index (χ2v) is 13.9. The van der Waals surface area contributed by atoms with Crippen molar-refractivity contribution in [2.24, 2.45) is 28.6 Å². The van der Waals surface area contributed by atoms with E-state index >= 15 is 0 Å². The number of ether oxygens (including phenoxy) is 3. The standard InChI is InChI=1S/C36H45NO9/c1-22(38)46-36(19-16-28-26-11-10-24-20-25(39)14-17-34(24,2)27(26)15-18-35(28,36)3)29(40)21-45-31(42)13-12-30(41)37-32(33(43)44-4)23-8-6-5-7-9-23/h5-9,20,26-28,32H,10-19,21H2,1-4H3,(H,37,41)/t26-,27-,28-,32-,34+,35+,36-/m1/s1. The molecule has 0 aliphatic heterocycles. The molecule has 1 aromatic carbocycles. The summed E-state index contributed by atoms with van der Waals surface area (Å²) in [5.74, 6) is -1.84. The van der Waals surface area contributed by atoms with Gasteiger partial charge in [0.15, 0.2) is 24.0 Å². The molecule has 7 atom stereocenters. The Morgan fingerprint density at radius 3 is 2.35 bits per heavy atom. The maximum Gasteiger partial charge on any atom is 0.333 e. The normalized spacial score (nSPS) is 32.0. The first-order chi connectivity index (χ1) is 21.8. The molecule has 0 bridgehead atoms. The summed E-state index contributed by atoms with van der Waals surface area (Å²) in [6.07, 6.45) is 7.15. The molecule has 4 aliphatic rings. The number of rotatable bonds is 10. The quantitative estimate of drug-likeness (QED) is 0.285. The Bertz CT molecular complexity index is 1440. The van der Waals surface area contributed by atoms with Crippen molar-refractivity contribution in [3.8, 4) is 0 Å². The zero-order valence-corrected chi connectivity index (χ0v) is 27.2. The van der Waals surface area contributed by atoms with Crippen molar-refractivity contribution < 1.29 is 43.0 Å². The number of benzene rings is 1. The molecule has 248 valence electrons. The van der Waals surface area contributed by atoms with Crippen LogP contribution >= 0.6 is 0 Å². The maximum absolute atomic E-state index is 14.0. The highest BCUT2D eigenvalue weighted by Gasteiger charge is 2.68. The average molecular weight is 636 g/mol. The van der Waals surface area contributed by atoms with Gasteiger partial charge in [0.05, 0.1) is 13.5 Å². The molecular weight excluding hydrogens is 590 g/mol. The number of allylic oxidation sites excluding steroid dienone is 1. The number of esters is 3. The summed E-state index contributed by atoms with van der Waals surface area (Å²) >= 11 is 0. The van der Waals surface area contributed by atoms with E-state index in [1.54, 1.807) is 30.3 Å². The van der Waals surface area contributed by atoms with Gasteiger partial charge in [-0.2, -0.15) is 0 Å². The van der Waals surface area contributed by atoms with E-state index in [4.69, 9.17) is 14.2 Å². The number of fused-ring (bicyclic) bond motifs is 5. The zero-order valence-electron chi connectivity index (χ0n) is 27.2. The van der Waals surface area contributed by atoms with E-state index in [-0.39, 0.29) is 30.0 Å². The molecule has 4 aliphatic carbocycles. The second-order valence-electron chi connectivity index (χ2n) is 13.9. The third-order valence-electron chi connectivity index (χ3n) is 11.6. The SMILES string of the molecule is COC(=O)[C@H](NC(=O)CCC(=O)OCC(=O)[C@]1(OC(C)=O)CC[C@@H]2[C@@H]3CCC4=CC(=O)CC[C@]4(C)[C@@H]3CC[C@@]21C)c1ccccc1. The van der Waals surface area contributed by atoms with Gasteiger partial charge in [0.25, 0.3) is 0 Å². The van der Waals surface area contributed by atoms with Gasteiger partial charge in [-0.25, -0.2) is 4.79 Å². The van der Waals surface area contributed by atoms with Gasteiger partial charge in [-0.05, 0) is 79.8 Å². The van der Waals surface area contributed by atoms with Crippen molar-refractivity contribution in [3.05, 3.63) is 47.5 Å². The molecule has 3 fully saturated rings. The number of ketones is 2. The average Bonchev–Trinajstić information content (AvgIpc) is 3.34. The van der Waals surface area contributed by atoms with Gasteiger partial charge in [-0.15, -0.1) is 0 Å². The van der Waals surface area contributed by atoms with Gasteiger partial charge in [0, 0.05) is 25.2 Å². The van der Waals surface area contributed by atoms with Crippen LogP contribution in [0.2, 0.25) is 0 Å². The lowest BCUT2D eigenvalue weighted by molar-refractivity contribution is -0.191. The first-order valence-electron chi connectivity index (χ1n) is 16.4. The lowest BCUT2D eigenvalue weighted by Crippen LogP contribution is -2.59. The number of carbonyl (C=O) groups is 6. The van der Waals surface area contributed by atoms with Crippen LogP contribution in [0.4, 0.5) is 0 Å². The van der Waals surface area contributed by atoms with Crippen molar-refractivity contribution in [1.82, 2.24) is 5.32 Å². The Balaban J connectivity index is 1.23. The number of nitrogens with one attached hydrogen (secondary N) is 1. The molecule has 0 radical (unpaired) electrons. The van der Waals surface area contributed by atoms with E-state index in [9.17, 15) is 28.8 Å². The van der Waals surface area contributed by atoms with Gasteiger partial charge in [-0.3, -0.25) is 24.0 Å². The van der Waals surface area contributed by atoms with E-state index in [1.807, 2.05) is 6.08 Å². The fourth-order valence-corrected chi connectivity index (χ4v) is 9.31. The number of hydrogen-bond donors (Lipinski definition) is 1. The smallest absolute Gasteiger partial charge is 0.333 e. The highest BCUT2D eigenvalue weighted by molar-refractivity contribution is 5.94. The highest BCUT2D eigenvalue weighted by Crippen LogP contribution is 2.68. The summed E-state index contributed by atoms with van der Waals surface area (Å²) in [4.78, 5) is 76.2. The minimum atomic E-state index is -1.41. The lowest BCUT2D eigenvalue weighted by atomic mass is 9.46. The number of amides is 1. The zero-order chi connectivity index (χ0) is 33.3. The molecule has 0 aromatic heterocycles. The molecule has 5 rings (SSSR count).